The van der Waals surface area contributed by atoms with Crippen molar-refractivity contribution in [2.75, 3.05) is 38.2 Å². The molecule has 1 heterocycles. The molecule has 0 atom stereocenters. The lowest BCUT2D eigenvalue weighted by atomic mass is 10.1. The summed E-state index contributed by atoms with van der Waals surface area (Å²) in [6.45, 7) is 1.15. The fraction of sp³-hybridized carbons (Fsp3) is 0.278. The number of para-hydroxylation sites is 2. The first-order chi connectivity index (χ1) is 13.4. The fourth-order valence-corrected chi connectivity index (χ4v) is 4.22. The topological polar surface area (TPSA) is 119 Å². The third-order valence-electron chi connectivity index (χ3n) is 4.32. The SMILES string of the molecule is O=C(CNc1ccccc1[N+](=O)[O-])c1ccc(S(=O)(=O)N2CCOCC2)cc1. The highest BCUT2D eigenvalue weighted by molar-refractivity contribution is 7.89. The molecular formula is C18H19N3O6S. The fourth-order valence-electron chi connectivity index (χ4n) is 2.81. The van der Waals surface area contributed by atoms with Gasteiger partial charge in [-0.2, -0.15) is 4.31 Å². The van der Waals surface area contributed by atoms with Gasteiger partial charge in [0.25, 0.3) is 5.69 Å². The summed E-state index contributed by atoms with van der Waals surface area (Å²) >= 11 is 0. The van der Waals surface area contributed by atoms with E-state index in [0.717, 1.165) is 0 Å². The molecule has 1 aliphatic heterocycles. The molecule has 0 radical (unpaired) electrons. The second kappa shape index (κ2) is 8.46. The third-order valence-corrected chi connectivity index (χ3v) is 6.24. The molecule has 0 bridgehead atoms. The number of benzene rings is 2. The summed E-state index contributed by atoms with van der Waals surface area (Å²) in [6.07, 6.45) is 0. The zero-order chi connectivity index (χ0) is 20.1. The maximum absolute atomic E-state index is 12.6. The Balaban J connectivity index is 1.68. The Labute approximate surface area is 162 Å². The van der Waals surface area contributed by atoms with Gasteiger partial charge in [-0.1, -0.05) is 12.1 Å². The molecule has 148 valence electrons. The smallest absolute Gasteiger partial charge is 0.292 e. The largest absolute Gasteiger partial charge is 0.379 e. The van der Waals surface area contributed by atoms with Crippen LogP contribution in [0.3, 0.4) is 0 Å². The van der Waals surface area contributed by atoms with Crippen LogP contribution in [0.1, 0.15) is 10.4 Å². The van der Waals surface area contributed by atoms with Crippen molar-refractivity contribution >= 4 is 27.2 Å². The Morgan fingerprint density at radius 3 is 2.39 bits per heavy atom. The number of anilines is 1. The van der Waals surface area contributed by atoms with Crippen molar-refractivity contribution < 1.29 is 22.9 Å². The lowest BCUT2D eigenvalue weighted by Crippen LogP contribution is -2.40. The first kappa shape index (κ1) is 19.9. The van der Waals surface area contributed by atoms with Crippen LogP contribution in [0.2, 0.25) is 0 Å². The van der Waals surface area contributed by atoms with E-state index in [9.17, 15) is 23.3 Å². The molecule has 1 saturated heterocycles. The Morgan fingerprint density at radius 1 is 1.11 bits per heavy atom. The molecule has 10 heteroatoms. The van der Waals surface area contributed by atoms with E-state index in [-0.39, 0.29) is 28.6 Å². The van der Waals surface area contributed by atoms with E-state index < -0.39 is 14.9 Å². The van der Waals surface area contributed by atoms with Crippen molar-refractivity contribution in [2.45, 2.75) is 4.90 Å². The Kier molecular flexibility index (Phi) is 6.02. The second-order valence-electron chi connectivity index (χ2n) is 6.09. The molecule has 1 N–H and O–H groups in total. The van der Waals surface area contributed by atoms with Gasteiger partial charge < -0.3 is 10.1 Å². The zero-order valence-electron chi connectivity index (χ0n) is 14.9. The van der Waals surface area contributed by atoms with Gasteiger partial charge in [-0.15, -0.1) is 0 Å². The minimum absolute atomic E-state index is 0.109. The van der Waals surface area contributed by atoms with Gasteiger partial charge in [-0.05, 0) is 30.3 Å². The molecule has 0 spiro atoms. The highest BCUT2D eigenvalue weighted by Crippen LogP contribution is 2.23. The highest BCUT2D eigenvalue weighted by Gasteiger charge is 2.26. The standard InChI is InChI=1S/C18H19N3O6S/c22-18(13-19-16-3-1-2-4-17(16)21(23)24)14-5-7-15(8-6-14)28(25,26)20-9-11-27-12-10-20/h1-8,19H,9-13H2. The number of rotatable bonds is 7. The van der Waals surface area contributed by atoms with Crippen LogP contribution in [0.5, 0.6) is 0 Å². The summed E-state index contributed by atoms with van der Waals surface area (Å²) in [5.74, 6) is -0.312. The van der Waals surface area contributed by atoms with Crippen LogP contribution in [-0.2, 0) is 14.8 Å². The molecule has 2 aromatic carbocycles. The van der Waals surface area contributed by atoms with Crippen molar-refractivity contribution in [3.8, 4) is 0 Å². The molecule has 9 nitrogen and oxygen atoms in total. The number of Topliss-reactive ketones (excluding diaryl/α,β-unsaturated/α-hetero) is 1. The van der Waals surface area contributed by atoms with Crippen molar-refractivity contribution in [2.24, 2.45) is 0 Å². The molecule has 3 rings (SSSR count). The van der Waals surface area contributed by atoms with Crippen molar-refractivity contribution in [3.63, 3.8) is 0 Å². The lowest BCUT2D eigenvalue weighted by molar-refractivity contribution is -0.383. The minimum Gasteiger partial charge on any atom is -0.379 e. The van der Waals surface area contributed by atoms with Crippen LogP contribution >= 0.6 is 0 Å². The number of carbonyl (C=O) groups excluding carboxylic acids is 1. The molecule has 0 amide bonds. The maximum atomic E-state index is 12.6. The van der Waals surface area contributed by atoms with Crippen molar-refractivity contribution in [1.82, 2.24) is 4.31 Å². The van der Waals surface area contributed by atoms with E-state index >= 15 is 0 Å². The predicted octanol–water partition coefficient (Wildman–Crippen LogP) is 1.91. The number of nitro benzene ring substituents is 1. The second-order valence-corrected chi connectivity index (χ2v) is 8.03. The summed E-state index contributed by atoms with van der Waals surface area (Å²) in [5.41, 5.74) is 0.432. The summed E-state index contributed by atoms with van der Waals surface area (Å²) in [7, 11) is -3.62. The number of hydrogen-bond acceptors (Lipinski definition) is 7. The quantitative estimate of drug-likeness (QED) is 0.424. The first-order valence-electron chi connectivity index (χ1n) is 8.58. The Bertz CT molecular complexity index is 969. The van der Waals surface area contributed by atoms with Crippen LogP contribution in [0.25, 0.3) is 0 Å². The number of carbonyl (C=O) groups is 1. The number of nitrogens with zero attached hydrogens (tertiary/aromatic N) is 2. The number of ether oxygens (including phenoxy) is 1. The van der Waals surface area contributed by atoms with Crippen LogP contribution < -0.4 is 5.32 Å². The first-order valence-corrected chi connectivity index (χ1v) is 10.0. The number of hydrogen-bond donors (Lipinski definition) is 1. The summed E-state index contributed by atoms with van der Waals surface area (Å²) in [5, 5.41) is 13.8. The lowest BCUT2D eigenvalue weighted by Gasteiger charge is -2.26. The number of ketones is 1. The van der Waals surface area contributed by atoms with E-state index in [1.165, 1.54) is 40.7 Å². The summed E-state index contributed by atoms with van der Waals surface area (Å²) in [4.78, 5) is 22.9. The van der Waals surface area contributed by atoms with Crippen LogP contribution in [0.15, 0.2) is 53.4 Å². The van der Waals surface area contributed by atoms with Gasteiger partial charge in [0.2, 0.25) is 10.0 Å². The molecule has 2 aromatic rings. The zero-order valence-corrected chi connectivity index (χ0v) is 15.7. The van der Waals surface area contributed by atoms with E-state index in [4.69, 9.17) is 4.74 Å². The summed E-state index contributed by atoms with van der Waals surface area (Å²) < 4.78 is 31.7. The highest BCUT2D eigenvalue weighted by atomic mass is 32.2. The van der Waals surface area contributed by atoms with Crippen LogP contribution in [0.4, 0.5) is 11.4 Å². The molecular weight excluding hydrogens is 386 g/mol. The van der Waals surface area contributed by atoms with E-state index in [1.807, 2.05) is 0 Å². The van der Waals surface area contributed by atoms with Crippen LogP contribution in [-0.4, -0.2) is 56.3 Å². The monoisotopic (exact) mass is 405 g/mol. The number of nitrogens with one attached hydrogen (secondary N) is 1. The van der Waals surface area contributed by atoms with Crippen molar-refractivity contribution in [1.29, 1.82) is 0 Å². The number of morpholine rings is 1. The molecule has 28 heavy (non-hydrogen) atoms. The average Bonchev–Trinajstić information content (AvgIpc) is 2.73. The minimum atomic E-state index is -3.62. The number of nitro groups is 1. The molecule has 1 aliphatic rings. The van der Waals surface area contributed by atoms with Gasteiger partial charge in [-0.3, -0.25) is 14.9 Å². The van der Waals surface area contributed by atoms with Gasteiger partial charge in [-0.25, -0.2) is 8.42 Å². The van der Waals surface area contributed by atoms with Gasteiger partial charge >= 0.3 is 0 Å². The molecule has 0 saturated carbocycles. The van der Waals surface area contributed by atoms with Crippen molar-refractivity contribution in [3.05, 3.63) is 64.2 Å². The Morgan fingerprint density at radius 2 is 1.75 bits per heavy atom. The van der Waals surface area contributed by atoms with E-state index in [2.05, 4.69) is 5.32 Å². The maximum Gasteiger partial charge on any atom is 0.292 e. The molecule has 1 fully saturated rings. The normalized spacial score (nSPS) is 15.1. The summed E-state index contributed by atoms with van der Waals surface area (Å²) in [6, 6.07) is 11.7. The van der Waals surface area contributed by atoms with E-state index in [1.54, 1.807) is 12.1 Å². The van der Waals surface area contributed by atoms with Gasteiger partial charge in [0, 0.05) is 24.7 Å². The third kappa shape index (κ3) is 4.35. The van der Waals surface area contributed by atoms with E-state index in [0.29, 0.717) is 31.9 Å². The van der Waals surface area contributed by atoms with Gasteiger partial charge in [0.1, 0.15) is 5.69 Å². The predicted molar refractivity (Wildman–Crippen MR) is 102 cm³/mol. The Hall–Kier alpha value is -2.82. The number of sulfonamides is 1. The average molecular weight is 405 g/mol. The van der Waals surface area contributed by atoms with Crippen LogP contribution in [0, 0.1) is 10.1 Å². The molecule has 0 aromatic heterocycles. The molecule has 0 aliphatic carbocycles. The van der Waals surface area contributed by atoms with Gasteiger partial charge in [0.05, 0.1) is 29.6 Å². The molecule has 0 unspecified atom stereocenters. The van der Waals surface area contributed by atoms with Gasteiger partial charge in [0.15, 0.2) is 5.78 Å².